The minimum absolute atomic E-state index is 0.0166. The van der Waals surface area contributed by atoms with Crippen LogP contribution in [-0.2, 0) is 6.54 Å². The van der Waals surface area contributed by atoms with Gasteiger partial charge >= 0.3 is 0 Å². The first kappa shape index (κ1) is 16.0. The summed E-state index contributed by atoms with van der Waals surface area (Å²) in [7, 11) is 0. The van der Waals surface area contributed by atoms with Gasteiger partial charge in [0.05, 0.1) is 0 Å². The fourth-order valence-electron chi connectivity index (χ4n) is 2.84. The maximum atomic E-state index is 12.3. The molecule has 1 aliphatic heterocycles. The van der Waals surface area contributed by atoms with Crippen molar-refractivity contribution in [2.24, 2.45) is 5.92 Å². The highest BCUT2D eigenvalue weighted by molar-refractivity contribution is 5.30. The Hall–Kier alpha value is -1.36. The molecule has 2 rings (SSSR count). The first-order chi connectivity index (χ1) is 10.1. The lowest BCUT2D eigenvalue weighted by Gasteiger charge is -2.32. The number of nitrogens with one attached hydrogen (secondary N) is 1. The van der Waals surface area contributed by atoms with Crippen LogP contribution >= 0.6 is 0 Å². The second kappa shape index (κ2) is 7.59. The Labute approximate surface area is 127 Å². The third-order valence-corrected chi connectivity index (χ3v) is 4.05. The molecular weight excluding hydrogens is 264 g/mol. The van der Waals surface area contributed by atoms with E-state index in [0.717, 1.165) is 13.1 Å². The minimum atomic E-state index is -0.0166. The van der Waals surface area contributed by atoms with Gasteiger partial charge in [-0.1, -0.05) is 20.3 Å². The van der Waals surface area contributed by atoms with Crippen LogP contribution in [0.5, 0.6) is 0 Å². The monoisotopic (exact) mass is 292 g/mol. The van der Waals surface area contributed by atoms with Gasteiger partial charge in [-0.15, -0.1) is 0 Å². The summed E-state index contributed by atoms with van der Waals surface area (Å²) in [4.78, 5) is 19.0. The second-order valence-electron chi connectivity index (χ2n) is 6.45. The van der Waals surface area contributed by atoms with Crippen LogP contribution in [0.25, 0.3) is 0 Å². The molecule has 0 amide bonds. The molecule has 5 heteroatoms. The normalized spacial score (nSPS) is 17.9. The van der Waals surface area contributed by atoms with Gasteiger partial charge in [-0.2, -0.15) is 0 Å². The number of likely N-dealkylation sites (tertiary alicyclic amines) is 1. The van der Waals surface area contributed by atoms with E-state index in [0.29, 0.717) is 17.8 Å². The van der Waals surface area contributed by atoms with Gasteiger partial charge in [0.1, 0.15) is 0 Å². The lowest BCUT2D eigenvalue weighted by atomic mass is 10.1. The number of hydrogen-bond acceptors (Lipinski definition) is 4. The summed E-state index contributed by atoms with van der Waals surface area (Å²) in [5.74, 6) is 0.923. The van der Waals surface area contributed by atoms with Crippen LogP contribution in [0.2, 0.25) is 0 Å². The highest BCUT2D eigenvalue weighted by atomic mass is 16.1. The van der Waals surface area contributed by atoms with Gasteiger partial charge < -0.3 is 9.88 Å². The zero-order valence-corrected chi connectivity index (χ0v) is 13.5. The van der Waals surface area contributed by atoms with Gasteiger partial charge in [-0.3, -0.25) is 9.69 Å². The van der Waals surface area contributed by atoms with E-state index >= 15 is 0 Å². The Balaban J connectivity index is 1.94. The number of nitrogens with zero attached hydrogens (tertiary/aromatic N) is 3. The molecule has 0 aliphatic carbocycles. The quantitative estimate of drug-likeness (QED) is 0.873. The molecule has 2 heterocycles. The molecule has 1 unspecified atom stereocenters. The van der Waals surface area contributed by atoms with E-state index in [-0.39, 0.29) is 5.56 Å². The van der Waals surface area contributed by atoms with Crippen molar-refractivity contribution in [1.29, 1.82) is 0 Å². The summed E-state index contributed by atoms with van der Waals surface area (Å²) < 4.78 is 1.74. The summed E-state index contributed by atoms with van der Waals surface area (Å²) >= 11 is 0. The van der Waals surface area contributed by atoms with Crippen molar-refractivity contribution in [3.8, 4) is 0 Å². The molecule has 0 saturated carbocycles. The van der Waals surface area contributed by atoms with E-state index in [1.165, 1.54) is 32.4 Å². The maximum Gasteiger partial charge on any atom is 0.293 e. The molecule has 118 valence electrons. The molecule has 1 aromatic heterocycles. The smallest absolute Gasteiger partial charge is 0.293 e. The van der Waals surface area contributed by atoms with Crippen molar-refractivity contribution in [3.63, 3.8) is 0 Å². The highest BCUT2D eigenvalue weighted by Gasteiger charge is 2.17. The van der Waals surface area contributed by atoms with Gasteiger partial charge in [0.2, 0.25) is 0 Å². The number of hydrogen-bond donors (Lipinski definition) is 1. The summed E-state index contributed by atoms with van der Waals surface area (Å²) in [5, 5.41) is 3.24. The number of rotatable bonds is 6. The van der Waals surface area contributed by atoms with E-state index in [9.17, 15) is 4.79 Å². The molecule has 1 aliphatic rings. The molecule has 0 aromatic carbocycles. The Kier molecular flexibility index (Phi) is 5.79. The van der Waals surface area contributed by atoms with E-state index in [1.807, 2.05) is 0 Å². The topological polar surface area (TPSA) is 50.2 Å². The van der Waals surface area contributed by atoms with Crippen molar-refractivity contribution in [2.75, 3.05) is 25.0 Å². The Bertz CT molecular complexity index is 491. The minimum Gasteiger partial charge on any atom is -0.364 e. The summed E-state index contributed by atoms with van der Waals surface area (Å²) in [6.07, 6.45) is 7.39. The van der Waals surface area contributed by atoms with Gasteiger partial charge in [-0.25, -0.2) is 4.98 Å². The molecule has 0 spiro atoms. The van der Waals surface area contributed by atoms with Crippen molar-refractivity contribution in [1.82, 2.24) is 14.5 Å². The summed E-state index contributed by atoms with van der Waals surface area (Å²) in [6.45, 7) is 10.3. The molecule has 1 atom stereocenters. The number of anilines is 1. The Morgan fingerprint density at radius 1 is 1.24 bits per heavy atom. The molecule has 0 radical (unpaired) electrons. The third kappa shape index (κ3) is 4.56. The van der Waals surface area contributed by atoms with Crippen molar-refractivity contribution in [2.45, 2.75) is 52.6 Å². The van der Waals surface area contributed by atoms with Crippen LogP contribution in [-0.4, -0.2) is 40.1 Å². The first-order valence-corrected chi connectivity index (χ1v) is 8.11. The molecule has 1 fully saturated rings. The average Bonchev–Trinajstić information content (AvgIpc) is 2.48. The molecular formula is C16H28N4O. The zero-order chi connectivity index (χ0) is 15.2. The summed E-state index contributed by atoms with van der Waals surface area (Å²) in [5.41, 5.74) is -0.0166. The van der Waals surface area contributed by atoms with Crippen LogP contribution in [0.4, 0.5) is 5.82 Å². The lowest BCUT2D eigenvalue weighted by Crippen LogP contribution is -2.42. The van der Waals surface area contributed by atoms with Gasteiger partial charge in [0, 0.05) is 31.5 Å². The third-order valence-electron chi connectivity index (χ3n) is 4.05. The number of piperidine rings is 1. The van der Waals surface area contributed by atoms with E-state index in [2.05, 4.69) is 36.0 Å². The van der Waals surface area contributed by atoms with Crippen LogP contribution < -0.4 is 10.9 Å². The highest BCUT2D eigenvalue weighted by Crippen LogP contribution is 2.12. The van der Waals surface area contributed by atoms with Crippen molar-refractivity contribution < 1.29 is 0 Å². The Morgan fingerprint density at radius 3 is 2.62 bits per heavy atom. The van der Waals surface area contributed by atoms with Crippen LogP contribution in [0.3, 0.4) is 0 Å². The van der Waals surface area contributed by atoms with Crippen LogP contribution in [0.1, 0.15) is 40.0 Å². The van der Waals surface area contributed by atoms with Gasteiger partial charge in [-0.05, 0) is 38.8 Å². The molecule has 5 nitrogen and oxygen atoms in total. The molecule has 1 N–H and O–H groups in total. The number of aromatic nitrogens is 2. The summed E-state index contributed by atoms with van der Waals surface area (Å²) in [6, 6.07) is 0.435. The fraction of sp³-hybridized carbons (Fsp3) is 0.750. The fourth-order valence-corrected chi connectivity index (χ4v) is 2.84. The molecule has 21 heavy (non-hydrogen) atoms. The van der Waals surface area contributed by atoms with E-state index < -0.39 is 0 Å². The van der Waals surface area contributed by atoms with E-state index in [4.69, 9.17) is 0 Å². The van der Waals surface area contributed by atoms with Gasteiger partial charge in [0.15, 0.2) is 5.82 Å². The molecule has 1 saturated heterocycles. The Morgan fingerprint density at radius 2 is 1.95 bits per heavy atom. The SMILES string of the molecule is CC(C)Cn1ccnc(NCC(C)N2CCCCC2)c1=O. The standard InChI is InChI=1S/C16H28N4O/c1-13(2)12-20-10-7-17-15(16(20)21)18-11-14(3)19-8-5-4-6-9-19/h7,10,13-14H,4-6,8-9,11-12H2,1-3H3,(H,17,18). The molecule has 1 aromatic rings. The van der Waals surface area contributed by atoms with E-state index in [1.54, 1.807) is 17.0 Å². The lowest BCUT2D eigenvalue weighted by molar-refractivity contribution is 0.180. The average molecular weight is 292 g/mol. The maximum absolute atomic E-state index is 12.3. The van der Waals surface area contributed by atoms with Crippen molar-refractivity contribution >= 4 is 5.82 Å². The van der Waals surface area contributed by atoms with Gasteiger partial charge in [0.25, 0.3) is 5.56 Å². The predicted molar refractivity (Wildman–Crippen MR) is 86.7 cm³/mol. The predicted octanol–water partition coefficient (Wildman–Crippen LogP) is 2.19. The second-order valence-corrected chi connectivity index (χ2v) is 6.45. The first-order valence-electron chi connectivity index (χ1n) is 8.11. The van der Waals surface area contributed by atoms with Crippen LogP contribution in [0, 0.1) is 5.92 Å². The largest absolute Gasteiger partial charge is 0.364 e. The zero-order valence-electron chi connectivity index (χ0n) is 13.5. The van der Waals surface area contributed by atoms with Crippen LogP contribution in [0.15, 0.2) is 17.2 Å². The van der Waals surface area contributed by atoms with Crippen molar-refractivity contribution in [3.05, 3.63) is 22.7 Å². The molecule has 0 bridgehead atoms.